The van der Waals surface area contributed by atoms with Crippen molar-refractivity contribution in [2.75, 3.05) is 6.54 Å². The van der Waals surface area contributed by atoms with Crippen molar-refractivity contribution in [3.8, 4) is 0 Å². The molecule has 0 rings (SSSR count). The number of hydrogen-bond acceptors (Lipinski definition) is 3. The molecule has 0 aromatic rings. The van der Waals surface area contributed by atoms with Crippen LogP contribution >= 0.6 is 0 Å². The van der Waals surface area contributed by atoms with Crippen molar-refractivity contribution in [1.82, 2.24) is 0 Å². The van der Waals surface area contributed by atoms with E-state index in [1.165, 1.54) is 32.1 Å². The highest BCUT2D eigenvalue weighted by molar-refractivity contribution is 5.67. The summed E-state index contributed by atoms with van der Waals surface area (Å²) in [6.07, 6.45) is 9.75. The van der Waals surface area contributed by atoms with Crippen molar-refractivity contribution in [2.45, 2.75) is 85.0 Å². The van der Waals surface area contributed by atoms with Gasteiger partial charge in [-0.2, -0.15) is 0 Å². The van der Waals surface area contributed by atoms with Gasteiger partial charge in [0, 0.05) is 12.8 Å². The summed E-state index contributed by atoms with van der Waals surface area (Å²) in [5, 5.41) is 16.8. The molecule has 4 N–H and O–H groups in total. The SMILES string of the molecule is CC(C)C[C@H](CN)CC(=O)O.CCCCCCCCCC(=O)O. The molecule has 5 nitrogen and oxygen atoms in total. The van der Waals surface area contributed by atoms with Gasteiger partial charge in [0.1, 0.15) is 0 Å². The van der Waals surface area contributed by atoms with Crippen molar-refractivity contribution in [3.63, 3.8) is 0 Å². The van der Waals surface area contributed by atoms with E-state index >= 15 is 0 Å². The molecule has 0 aromatic heterocycles. The normalized spacial score (nSPS) is 11.7. The van der Waals surface area contributed by atoms with E-state index in [4.69, 9.17) is 15.9 Å². The molecule has 138 valence electrons. The number of nitrogens with two attached hydrogens (primary N) is 1. The van der Waals surface area contributed by atoms with Crippen LogP contribution in [-0.4, -0.2) is 28.7 Å². The fourth-order valence-corrected chi connectivity index (χ4v) is 2.41. The van der Waals surface area contributed by atoms with E-state index in [9.17, 15) is 9.59 Å². The van der Waals surface area contributed by atoms with Gasteiger partial charge in [-0.05, 0) is 31.2 Å². The van der Waals surface area contributed by atoms with E-state index in [1.807, 2.05) is 0 Å². The van der Waals surface area contributed by atoms with E-state index in [0.29, 0.717) is 18.9 Å². The second-order valence-corrected chi connectivity index (χ2v) is 6.59. The van der Waals surface area contributed by atoms with Gasteiger partial charge in [-0.1, -0.05) is 59.3 Å². The fraction of sp³-hybridized carbons (Fsp3) is 0.889. The van der Waals surface area contributed by atoms with Gasteiger partial charge in [-0.25, -0.2) is 0 Å². The zero-order valence-corrected chi connectivity index (χ0v) is 15.2. The monoisotopic (exact) mass is 331 g/mol. The molecule has 1 atom stereocenters. The highest BCUT2D eigenvalue weighted by Gasteiger charge is 2.12. The predicted octanol–water partition coefficient (Wildman–Crippen LogP) is 4.29. The summed E-state index contributed by atoms with van der Waals surface area (Å²) in [4.78, 5) is 20.4. The zero-order chi connectivity index (χ0) is 18.1. The summed E-state index contributed by atoms with van der Waals surface area (Å²) in [6.45, 7) is 6.82. The third-order valence-electron chi connectivity index (χ3n) is 3.60. The maximum Gasteiger partial charge on any atom is 0.303 e. The summed E-state index contributed by atoms with van der Waals surface area (Å²) in [7, 11) is 0. The number of unbranched alkanes of at least 4 members (excludes halogenated alkanes) is 6. The Bertz CT molecular complexity index is 293. The van der Waals surface area contributed by atoms with Gasteiger partial charge in [0.25, 0.3) is 0 Å². The molecule has 0 aromatic carbocycles. The number of hydrogen-bond donors (Lipinski definition) is 3. The van der Waals surface area contributed by atoms with Crippen LogP contribution in [0.5, 0.6) is 0 Å². The second kappa shape index (κ2) is 17.3. The number of carbonyl (C=O) groups is 2. The first-order chi connectivity index (χ1) is 10.8. The lowest BCUT2D eigenvalue weighted by Gasteiger charge is -2.13. The lowest BCUT2D eigenvalue weighted by Crippen LogP contribution is -2.19. The highest BCUT2D eigenvalue weighted by Crippen LogP contribution is 2.13. The van der Waals surface area contributed by atoms with Crippen LogP contribution < -0.4 is 5.73 Å². The Hall–Kier alpha value is -1.10. The summed E-state index contributed by atoms with van der Waals surface area (Å²) in [6, 6.07) is 0. The number of aliphatic carboxylic acids is 2. The predicted molar refractivity (Wildman–Crippen MR) is 94.5 cm³/mol. The van der Waals surface area contributed by atoms with Gasteiger partial charge in [0.2, 0.25) is 0 Å². The molecule has 0 aliphatic rings. The highest BCUT2D eigenvalue weighted by atomic mass is 16.4. The van der Waals surface area contributed by atoms with E-state index in [1.54, 1.807) is 0 Å². The van der Waals surface area contributed by atoms with Crippen LogP contribution in [0.3, 0.4) is 0 Å². The topological polar surface area (TPSA) is 101 Å². The smallest absolute Gasteiger partial charge is 0.303 e. The van der Waals surface area contributed by atoms with Crippen LogP contribution in [0.4, 0.5) is 0 Å². The van der Waals surface area contributed by atoms with Crippen LogP contribution in [0, 0.1) is 11.8 Å². The molecule has 0 spiro atoms. The molecule has 0 saturated carbocycles. The van der Waals surface area contributed by atoms with Crippen LogP contribution in [-0.2, 0) is 9.59 Å². The third kappa shape index (κ3) is 23.3. The van der Waals surface area contributed by atoms with Crippen molar-refractivity contribution in [3.05, 3.63) is 0 Å². The van der Waals surface area contributed by atoms with Gasteiger partial charge in [0.05, 0.1) is 0 Å². The quantitative estimate of drug-likeness (QED) is 0.437. The van der Waals surface area contributed by atoms with Crippen LogP contribution in [0.25, 0.3) is 0 Å². The molecule has 0 amide bonds. The lowest BCUT2D eigenvalue weighted by atomic mass is 9.94. The van der Waals surface area contributed by atoms with Crippen molar-refractivity contribution >= 4 is 11.9 Å². The minimum atomic E-state index is -0.749. The van der Waals surface area contributed by atoms with Crippen molar-refractivity contribution in [2.24, 2.45) is 17.6 Å². The Balaban J connectivity index is 0. The van der Waals surface area contributed by atoms with Crippen LogP contribution in [0.15, 0.2) is 0 Å². The molecule has 0 aliphatic heterocycles. The molecule has 0 radical (unpaired) electrons. The molecule has 0 heterocycles. The third-order valence-corrected chi connectivity index (χ3v) is 3.60. The minimum absolute atomic E-state index is 0.146. The number of carboxylic acids is 2. The lowest BCUT2D eigenvalue weighted by molar-refractivity contribution is -0.138. The van der Waals surface area contributed by atoms with E-state index < -0.39 is 11.9 Å². The molecular formula is C18H37NO4. The van der Waals surface area contributed by atoms with Crippen molar-refractivity contribution < 1.29 is 19.8 Å². The molecule has 0 fully saturated rings. The molecular weight excluding hydrogens is 294 g/mol. The summed E-state index contributed by atoms with van der Waals surface area (Å²) in [5.74, 6) is -0.736. The van der Waals surface area contributed by atoms with Gasteiger partial charge in [-0.3, -0.25) is 9.59 Å². The van der Waals surface area contributed by atoms with Gasteiger partial charge < -0.3 is 15.9 Å². The summed E-state index contributed by atoms with van der Waals surface area (Å²) < 4.78 is 0. The molecule has 0 aliphatic carbocycles. The fourth-order valence-electron chi connectivity index (χ4n) is 2.41. The first-order valence-corrected chi connectivity index (χ1v) is 8.97. The number of carboxylic acid groups (broad SMARTS) is 2. The molecule has 0 saturated heterocycles. The number of rotatable bonds is 13. The van der Waals surface area contributed by atoms with Crippen LogP contribution in [0.2, 0.25) is 0 Å². The Morgan fingerprint density at radius 2 is 1.43 bits per heavy atom. The van der Waals surface area contributed by atoms with Crippen LogP contribution in [0.1, 0.15) is 85.0 Å². The molecule has 23 heavy (non-hydrogen) atoms. The van der Waals surface area contributed by atoms with E-state index in [-0.39, 0.29) is 12.3 Å². The van der Waals surface area contributed by atoms with Gasteiger partial charge >= 0.3 is 11.9 Å². The standard InChI is InChI=1S/C10H20O2.C8H17NO2/c1-2-3-4-5-6-7-8-9-10(11)12;1-6(2)3-7(5-9)4-8(10)11/h2-9H2,1H3,(H,11,12);6-7H,3-5,9H2,1-2H3,(H,10,11)/t;7-/m.0/s1. The molecule has 0 unspecified atom stereocenters. The van der Waals surface area contributed by atoms with E-state index in [0.717, 1.165) is 19.3 Å². The first kappa shape index (κ1) is 24.2. The minimum Gasteiger partial charge on any atom is -0.481 e. The second-order valence-electron chi connectivity index (χ2n) is 6.59. The first-order valence-electron chi connectivity index (χ1n) is 8.97. The Morgan fingerprint density at radius 3 is 1.83 bits per heavy atom. The zero-order valence-electron chi connectivity index (χ0n) is 15.2. The molecule has 5 heteroatoms. The largest absolute Gasteiger partial charge is 0.481 e. The average molecular weight is 331 g/mol. The molecule has 0 bridgehead atoms. The van der Waals surface area contributed by atoms with E-state index in [2.05, 4.69) is 20.8 Å². The summed E-state index contributed by atoms with van der Waals surface area (Å²) >= 11 is 0. The van der Waals surface area contributed by atoms with Gasteiger partial charge in [-0.15, -0.1) is 0 Å². The maximum atomic E-state index is 10.3. The summed E-state index contributed by atoms with van der Waals surface area (Å²) in [5.41, 5.74) is 5.41. The Morgan fingerprint density at radius 1 is 0.913 bits per heavy atom. The van der Waals surface area contributed by atoms with Gasteiger partial charge in [0.15, 0.2) is 0 Å². The van der Waals surface area contributed by atoms with Crippen molar-refractivity contribution in [1.29, 1.82) is 0 Å². The Labute approximate surface area is 141 Å². The maximum absolute atomic E-state index is 10.3. The Kier molecular flexibility index (Phi) is 18.1. The average Bonchev–Trinajstić information content (AvgIpc) is 2.45.